The average molecular weight is 322 g/mol. The summed E-state index contributed by atoms with van der Waals surface area (Å²) in [5.74, 6) is -0.900. The maximum Gasteiger partial charge on any atom is 0.268 e. The number of halogens is 1. The Hall–Kier alpha value is -2.01. The summed E-state index contributed by atoms with van der Waals surface area (Å²) in [5.41, 5.74) is 6.40. The number of aromatic amines is 1. The molecule has 0 aliphatic carbocycles. The van der Waals surface area contributed by atoms with E-state index in [-0.39, 0.29) is 11.3 Å². The number of aromatic nitrogens is 1. The monoisotopic (exact) mass is 321 g/mol. The SMILES string of the molecule is CC(C)(C)C[C@H](NC(=O)c1cc2ccc(Cl)cc2[nH]1)C(N)=O. The van der Waals surface area contributed by atoms with Gasteiger partial charge in [-0.1, -0.05) is 38.4 Å². The molecule has 1 aromatic carbocycles. The molecule has 1 aromatic heterocycles. The van der Waals surface area contributed by atoms with Crippen molar-refractivity contribution in [2.45, 2.75) is 33.2 Å². The highest BCUT2D eigenvalue weighted by Crippen LogP contribution is 2.22. The van der Waals surface area contributed by atoms with E-state index in [1.165, 1.54) is 0 Å². The number of benzene rings is 1. The Morgan fingerprint density at radius 1 is 1.32 bits per heavy atom. The van der Waals surface area contributed by atoms with Crippen LogP contribution in [0.2, 0.25) is 5.02 Å². The third-order valence-electron chi connectivity index (χ3n) is 3.29. The topological polar surface area (TPSA) is 88.0 Å². The Morgan fingerprint density at radius 3 is 2.59 bits per heavy atom. The van der Waals surface area contributed by atoms with Crippen LogP contribution in [-0.4, -0.2) is 22.8 Å². The number of carbonyl (C=O) groups excluding carboxylic acids is 2. The van der Waals surface area contributed by atoms with Gasteiger partial charge in [0.25, 0.3) is 5.91 Å². The Morgan fingerprint density at radius 2 is 2.00 bits per heavy atom. The first-order chi connectivity index (χ1) is 10.2. The van der Waals surface area contributed by atoms with Crippen molar-refractivity contribution < 1.29 is 9.59 Å². The van der Waals surface area contributed by atoms with Crippen LogP contribution in [0.25, 0.3) is 10.9 Å². The van der Waals surface area contributed by atoms with Crippen molar-refractivity contribution >= 4 is 34.3 Å². The lowest BCUT2D eigenvalue weighted by Crippen LogP contribution is -2.46. The molecule has 118 valence electrons. The molecule has 0 radical (unpaired) electrons. The Balaban J connectivity index is 2.19. The summed E-state index contributed by atoms with van der Waals surface area (Å²) in [7, 11) is 0. The molecule has 4 N–H and O–H groups in total. The van der Waals surface area contributed by atoms with Crippen LogP contribution in [0.5, 0.6) is 0 Å². The summed E-state index contributed by atoms with van der Waals surface area (Å²) in [6, 6.07) is 6.34. The van der Waals surface area contributed by atoms with Crippen molar-refractivity contribution in [3.8, 4) is 0 Å². The molecule has 0 saturated heterocycles. The number of nitrogens with two attached hydrogens (primary N) is 1. The molecule has 0 aliphatic rings. The number of carbonyl (C=O) groups is 2. The molecule has 1 atom stereocenters. The van der Waals surface area contributed by atoms with E-state index in [0.717, 1.165) is 10.9 Å². The van der Waals surface area contributed by atoms with Crippen LogP contribution >= 0.6 is 11.6 Å². The first-order valence-electron chi connectivity index (χ1n) is 7.04. The minimum Gasteiger partial charge on any atom is -0.368 e. The third kappa shape index (κ3) is 4.01. The highest BCUT2D eigenvalue weighted by Gasteiger charge is 2.25. The second-order valence-electron chi connectivity index (χ2n) is 6.61. The van der Waals surface area contributed by atoms with E-state index >= 15 is 0 Å². The fourth-order valence-corrected chi connectivity index (χ4v) is 2.46. The molecule has 0 saturated carbocycles. The molecule has 6 heteroatoms. The lowest BCUT2D eigenvalue weighted by atomic mass is 9.88. The van der Waals surface area contributed by atoms with Gasteiger partial charge in [0, 0.05) is 15.9 Å². The van der Waals surface area contributed by atoms with E-state index in [1.807, 2.05) is 26.8 Å². The van der Waals surface area contributed by atoms with Gasteiger partial charge in [0.2, 0.25) is 5.91 Å². The number of amides is 2. The van der Waals surface area contributed by atoms with Gasteiger partial charge < -0.3 is 16.0 Å². The van der Waals surface area contributed by atoms with E-state index in [2.05, 4.69) is 10.3 Å². The molecular weight excluding hydrogens is 302 g/mol. The molecule has 0 spiro atoms. The largest absolute Gasteiger partial charge is 0.368 e. The first kappa shape index (κ1) is 16.4. The highest BCUT2D eigenvalue weighted by molar-refractivity contribution is 6.31. The fraction of sp³-hybridized carbons (Fsp3) is 0.375. The molecule has 0 aliphatic heterocycles. The number of H-pyrrole nitrogens is 1. The first-order valence-corrected chi connectivity index (χ1v) is 7.42. The van der Waals surface area contributed by atoms with Crippen LogP contribution in [-0.2, 0) is 4.79 Å². The van der Waals surface area contributed by atoms with Gasteiger partial charge in [0.1, 0.15) is 11.7 Å². The van der Waals surface area contributed by atoms with Gasteiger partial charge in [-0.2, -0.15) is 0 Å². The molecule has 5 nitrogen and oxygen atoms in total. The van der Waals surface area contributed by atoms with Crippen LogP contribution < -0.4 is 11.1 Å². The third-order valence-corrected chi connectivity index (χ3v) is 3.53. The summed E-state index contributed by atoms with van der Waals surface area (Å²) in [5, 5.41) is 4.15. The predicted molar refractivity (Wildman–Crippen MR) is 87.8 cm³/mol. The van der Waals surface area contributed by atoms with Crippen LogP contribution in [0, 0.1) is 5.41 Å². The summed E-state index contributed by atoms with van der Waals surface area (Å²) >= 11 is 5.92. The molecule has 22 heavy (non-hydrogen) atoms. The highest BCUT2D eigenvalue weighted by atomic mass is 35.5. The smallest absolute Gasteiger partial charge is 0.268 e. The lowest BCUT2D eigenvalue weighted by Gasteiger charge is -2.24. The molecule has 0 unspecified atom stereocenters. The number of hydrogen-bond donors (Lipinski definition) is 3. The van der Waals surface area contributed by atoms with E-state index in [0.29, 0.717) is 17.1 Å². The molecular formula is C16H20ClN3O2. The van der Waals surface area contributed by atoms with Crippen molar-refractivity contribution in [3.05, 3.63) is 35.0 Å². The summed E-state index contributed by atoms with van der Waals surface area (Å²) in [6.45, 7) is 5.96. The summed E-state index contributed by atoms with van der Waals surface area (Å²) < 4.78 is 0. The molecule has 2 aromatic rings. The van der Waals surface area contributed by atoms with Crippen LogP contribution in [0.4, 0.5) is 0 Å². The second kappa shape index (κ2) is 6.01. The number of primary amides is 1. The number of hydrogen-bond acceptors (Lipinski definition) is 2. The van der Waals surface area contributed by atoms with Gasteiger partial charge in [0.15, 0.2) is 0 Å². The van der Waals surface area contributed by atoms with Crippen molar-refractivity contribution in [1.29, 1.82) is 0 Å². The normalized spacial score (nSPS) is 13.1. The molecule has 0 bridgehead atoms. The Kier molecular flexibility index (Phi) is 4.47. The maximum atomic E-state index is 12.3. The van der Waals surface area contributed by atoms with Crippen molar-refractivity contribution in [2.75, 3.05) is 0 Å². The van der Waals surface area contributed by atoms with E-state index in [4.69, 9.17) is 17.3 Å². The zero-order chi connectivity index (χ0) is 16.5. The molecule has 2 amide bonds. The van der Waals surface area contributed by atoms with E-state index in [9.17, 15) is 9.59 Å². The molecule has 1 heterocycles. The van der Waals surface area contributed by atoms with Gasteiger partial charge in [-0.15, -0.1) is 0 Å². The molecule has 0 fully saturated rings. The minimum absolute atomic E-state index is 0.124. The van der Waals surface area contributed by atoms with Gasteiger partial charge in [-0.3, -0.25) is 9.59 Å². The van der Waals surface area contributed by atoms with Gasteiger partial charge in [-0.05, 0) is 30.0 Å². The van der Waals surface area contributed by atoms with Gasteiger partial charge in [-0.25, -0.2) is 0 Å². The second-order valence-corrected chi connectivity index (χ2v) is 7.04. The number of rotatable bonds is 4. The maximum absolute atomic E-state index is 12.3. The van der Waals surface area contributed by atoms with Gasteiger partial charge >= 0.3 is 0 Å². The zero-order valence-electron chi connectivity index (χ0n) is 12.9. The van der Waals surface area contributed by atoms with Crippen LogP contribution in [0.1, 0.15) is 37.7 Å². The van der Waals surface area contributed by atoms with Crippen molar-refractivity contribution in [2.24, 2.45) is 11.1 Å². The quantitative estimate of drug-likeness (QED) is 0.808. The van der Waals surface area contributed by atoms with E-state index < -0.39 is 11.9 Å². The van der Waals surface area contributed by atoms with Gasteiger partial charge in [0.05, 0.1) is 0 Å². The number of fused-ring (bicyclic) bond motifs is 1. The molecule has 2 rings (SSSR count). The average Bonchev–Trinajstić information content (AvgIpc) is 2.79. The van der Waals surface area contributed by atoms with Crippen LogP contribution in [0.15, 0.2) is 24.3 Å². The zero-order valence-corrected chi connectivity index (χ0v) is 13.6. The summed E-state index contributed by atoms with van der Waals surface area (Å²) in [6.07, 6.45) is 0.472. The van der Waals surface area contributed by atoms with E-state index in [1.54, 1.807) is 18.2 Å². The summed E-state index contributed by atoms with van der Waals surface area (Å²) in [4.78, 5) is 26.9. The Labute approximate surface area is 134 Å². The van der Waals surface area contributed by atoms with Crippen LogP contribution in [0.3, 0.4) is 0 Å². The fourth-order valence-electron chi connectivity index (χ4n) is 2.29. The van der Waals surface area contributed by atoms with Crippen molar-refractivity contribution in [1.82, 2.24) is 10.3 Å². The van der Waals surface area contributed by atoms with Crippen molar-refractivity contribution in [3.63, 3.8) is 0 Å². The number of nitrogens with one attached hydrogen (secondary N) is 2. The predicted octanol–water partition coefficient (Wildman–Crippen LogP) is 2.84. The Bertz CT molecular complexity index is 716. The minimum atomic E-state index is -0.706. The lowest BCUT2D eigenvalue weighted by molar-refractivity contribution is -0.120. The standard InChI is InChI=1S/C16H20ClN3O2/c1-16(2,3)8-13(14(18)21)20-15(22)12-6-9-4-5-10(17)7-11(9)19-12/h4-7,13,19H,8H2,1-3H3,(H2,18,21)(H,20,22)/t13-/m0/s1.